The van der Waals surface area contributed by atoms with E-state index in [0.29, 0.717) is 30.3 Å². The maximum atomic E-state index is 13.3. The monoisotopic (exact) mass is 458 g/mol. The van der Waals surface area contributed by atoms with E-state index < -0.39 is 0 Å². The van der Waals surface area contributed by atoms with Gasteiger partial charge in [-0.25, -0.2) is 9.55 Å². The van der Waals surface area contributed by atoms with Crippen molar-refractivity contribution >= 4 is 33.4 Å². The number of benzene rings is 2. The van der Waals surface area contributed by atoms with Gasteiger partial charge in [-0.2, -0.15) is 0 Å². The van der Waals surface area contributed by atoms with Crippen LogP contribution in [-0.4, -0.2) is 28.5 Å². The average molecular weight is 459 g/mol. The summed E-state index contributed by atoms with van der Waals surface area (Å²) in [6, 6.07) is 19.7. The van der Waals surface area contributed by atoms with Gasteiger partial charge in [-0.1, -0.05) is 42.5 Å². The van der Waals surface area contributed by atoms with E-state index in [1.807, 2.05) is 60.0 Å². The molecule has 1 saturated heterocycles. The van der Waals surface area contributed by atoms with E-state index in [4.69, 9.17) is 4.98 Å². The molecule has 1 aliphatic rings. The van der Waals surface area contributed by atoms with E-state index in [0.717, 1.165) is 29.6 Å². The maximum absolute atomic E-state index is 13.3. The van der Waals surface area contributed by atoms with Crippen LogP contribution in [0.3, 0.4) is 0 Å². The topological polar surface area (TPSA) is 67.2 Å². The Bertz CT molecular complexity index is 1340. The number of amides is 1. The van der Waals surface area contributed by atoms with Gasteiger partial charge in [0.1, 0.15) is 4.70 Å². The van der Waals surface area contributed by atoms with Crippen molar-refractivity contribution in [2.45, 2.75) is 26.3 Å². The Morgan fingerprint density at radius 1 is 1.06 bits per heavy atom. The number of nitrogens with one attached hydrogen (secondary N) is 1. The van der Waals surface area contributed by atoms with Crippen LogP contribution in [0, 0.1) is 12.8 Å². The lowest BCUT2D eigenvalue weighted by atomic mass is 9.96. The number of hydrogen-bond acceptors (Lipinski definition) is 5. The zero-order valence-corrected chi connectivity index (χ0v) is 19.3. The predicted octanol–water partition coefficient (Wildman–Crippen LogP) is 4.29. The summed E-state index contributed by atoms with van der Waals surface area (Å²) in [6.07, 6.45) is 1.46. The van der Waals surface area contributed by atoms with Crippen molar-refractivity contribution in [1.29, 1.82) is 0 Å². The standard InChI is InChI=1S/C26H26N4O2S/c1-18-7-5-6-8-20(18)17-27-24(31)19-11-14-29(15-12-19)26-28-22-13-16-33-23(22)25(32)30(26)21-9-3-2-4-10-21/h2-10,13,16,19H,11-12,14-15,17H2,1H3,(H,27,31). The van der Waals surface area contributed by atoms with E-state index in [1.165, 1.54) is 16.9 Å². The lowest BCUT2D eigenvalue weighted by Crippen LogP contribution is -2.42. The molecule has 1 N–H and O–H groups in total. The molecule has 0 saturated carbocycles. The first-order chi connectivity index (χ1) is 16.1. The number of carbonyl (C=O) groups is 1. The van der Waals surface area contributed by atoms with Crippen molar-refractivity contribution < 1.29 is 4.79 Å². The highest BCUT2D eigenvalue weighted by atomic mass is 32.1. The van der Waals surface area contributed by atoms with Crippen molar-refractivity contribution in [1.82, 2.24) is 14.9 Å². The van der Waals surface area contributed by atoms with Crippen LogP contribution in [-0.2, 0) is 11.3 Å². The zero-order valence-electron chi connectivity index (χ0n) is 18.5. The number of aryl methyl sites for hydroxylation is 1. The molecular weight excluding hydrogens is 432 g/mol. The Hall–Kier alpha value is -3.45. The van der Waals surface area contributed by atoms with Gasteiger partial charge in [0.2, 0.25) is 11.9 Å². The van der Waals surface area contributed by atoms with Crippen LogP contribution in [0.1, 0.15) is 24.0 Å². The maximum Gasteiger partial charge on any atom is 0.277 e. The van der Waals surface area contributed by atoms with Crippen LogP contribution in [0.4, 0.5) is 5.95 Å². The lowest BCUT2D eigenvalue weighted by molar-refractivity contribution is -0.125. The average Bonchev–Trinajstić information content (AvgIpc) is 3.33. The van der Waals surface area contributed by atoms with E-state index in [-0.39, 0.29) is 17.4 Å². The number of carbonyl (C=O) groups excluding carboxylic acids is 1. The third-order valence-corrected chi connectivity index (χ3v) is 7.23. The Morgan fingerprint density at radius 3 is 2.55 bits per heavy atom. The van der Waals surface area contributed by atoms with Crippen LogP contribution < -0.4 is 15.8 Å². The minimum absolute atomic E-state index is 0.0351. The first kappa shape index (κ1) is 21.4. The van der Waals surface area contributed by atoms with Gasteiger partial charge in [0, 0.05) is 25.6 Å². The number of piperidine rings is 1. The van der Waals surface area contributed by atoms with Gasteiger partial charge in [-0.05, 0) is 54.5 Å². The van der Waals surface area contributed by atoms with E-state index >= 15 is 0 Å². The van der Waals surface area contributed by atoms with Gasteiger partial charge < -0.3 is 10.2 Å². The first-order valence-corrected chi connectivity index (χ1v) is 12.1. The second-order valence-corrected chi connectivity index (χ2v) is 9.34. The number of hydrogen-bond donors (Lipinski definition) is 1. The SMILES string of the molecule is Cc1ccccc1CNC(=O)C1CCN(c2nc3ccsc3c(=O)n2-c2ccccc2)CC1. The molecule has 0 aliphatic carbocycles. The summed E-state index contributed by atoms with van der Waals surface area (Å²) in [4.78, 5) is 33.1. The third kappa shape index (κ3) is 4.28. The number of anilines is 1. The fraction of sp³-hybridized carbons (Fsp3) is 0.269. The third-order valence-electron chi connectivity index (χ3n) is 6.34. The summed E-state index contributed by atoms with van der Waals surface area (Å²) in [5, 5.41) is 5.01. The van der Waals surface area contributed by atoms with E-state index in [1.54, 1.807) is 4.57 Å². The molecular formula is C26H26N4O2S. The predicted molar refractivity (Wildman–Crippen MR) is 133 cm³/mol. The summed E-state index contributed by atoms with van der Waals surface area (Å²) in [5.41, 5.74) is 3.81. The molecule has 0 radical (unpaired) electrons. The van der Waals surface area contributed by atoms with Crippen molar-refractivity contribution in [3.63, 3.8) is 0 Å². The summed E-state index contributed by atoms with van der Waals surface area (Å²) < 4.78 is 2.37. The molecule has 2 aromatic carbocycles. The summed E-state index contributed by atoms with van der Waals surface area (Å²) in [7, 11) is 0. The van der Waals surface area contributed by atoms with Gasteiger partial charge in [0.25, 0.3) is 5.56 Å². The Labute approximate surface area is 196 Å². The van der Waals surface area contributed by atoms with Crippen LogP contribution in [0.5, 0.6) is 0 Å². The number of fused-ring (bicyclic) bond motifs is 1. The van der Waals surface area contributed by atoms with Gasteiger partial charge in [0.05, 0.1) is 11.2 Å². The Balaban J connectivity index is 1.34. The molecule has 5 rings (SSSR count). The molecule has 0 bridgehead atoms. The van der Waals surface area contributed by atoms with Gasteiger partial charge in [-0.3, -0.25) is 9.59 Å². The van der Waals surface area contributed by atoms with Crippen molar-refractivity contribution in [2.24, 2.45) is 5.92 Å². The van der Waals surface area contributed by atoms with Gasteiger partial charge in [0.15, 0.2) is 0 Å². The molecule has 4 aromatic rings. The minimum atomic E-state index is -0.0469. The highest BCUT2D eigenvalue weighted by Gasteiger charge is 2.28. The highest BCUT2D eigenvalue weighted by Crippen LogP contribution is 2.26. The van der Waals surface area contributed by atoms with Crippen LogP contribution in [0.2, 0.25) is 0 Å². The largest absolute Gasteiger partial charge is 0.352 e. The molecule has 33 heavy (non-hydrogen) atoms. The smallest absolute Gasteiger partial charge is 0.277 e. The van der Waals surface area contributed by atoms with Crippen LogP contribution in [0.25, 0.3) is 15.9 Å². The minimum Gasteiger partial charge on any atom is -0.352 e. The second-order valence-electron chi connectivity index (χ2n) is 8.43. The quantitative estimate of drug-likeness (QED) is 0.485. The number of para-hydroxylation sites is 1. The number of aromatic nitrogens is 2. The van der Waals surface area contributed by atoms with Crippen molar-refractivity contribution in [3.05, 3.63) is 87.5 Å². The van der Waals surface area contributed by atoms with E-state index in [2.05, 4.69) is 23.2 Å². The molecule has 2 aromatic heterocycles. The lowest BCUT2D eigenvalue weighted by Gasteiger charge is -2.33. The molecule has 1 fully saturated rings. The molecule has 3 heterocycles. The second kappa shape index (κ2) is 9.19. The molecule has 0 spiro atoms. The number of rotatable bonds is 5. The van der Waals surface area contributed by atoms with Crippen molar-refractivity contribution in [2.75, 3.05) is 18.0 Å². The highest BCUT2D eigenvalue weighted by molar-refractivity contribution is 7.17. The Morgan fingerprint density at radius 2 is 1.79 bits per heavy atom. The van der Waals surface area contributed by atoms with E-state index in [9.17, 15) is 9.59 Å². The summed E-state index contributed by atoms with van der Waals surface area (Å²) >= 11 is 1.42. The molecule has 7 heteroatoms. The summed E-state index contributed by atoms with van der Waals surface area (Å²) in [6.45, 7) is 3.97. The fourth-order valence-corrected chi connectivity index (χ4v) is 5.16. The molecule has 168 valence electrons. The van der Waals surface area contributed by atoms with Crippen LogP contribution in [0.15, 0.2) is 70.8 Å². The molecule has 0 atom stereocenters. The molecule has 6 nitrogen and oxygen atoms in total. The number of thiophene rings is 1. The van der Waals surface area contributed by atoms with Crippen molar-refractivity contribution in [3.8, 4) is 5.69 Å². The van der Waals surface area contributed by atoms with Crippen LogP contribution >= 0.6 is 11.3 Å². The molecule has 1 aliphatic heterocycles. The Kier molecular flexibility index (Phi) is 5.96. The molecule has 0 unspecified atom stereocenters. The van der Waals surface area contributed by atoms with Gasteiger partial charge in [-0.15, -0.1) is 11.3 Å². The zero-order chi connectivity index (χ0) is 22.8. The fourth-order valence-electron chi connectivity index (χ4n) is 4.40. The van der Waals surface area contributed by atoms with Gasteiger partial charge >= 0.3 is 0 Å². The summed E-state index contributed by atoms with van der Waals surface area (Å²) in [5.74, 6) is 0.711. The molecule has 1 amide bonds. The normalized spacial score (nSPS) is 14.5. The number of nitrogens with zero attached hydrogens (tertiary/aromatic N) is 3. The first-order valence-electron chi connectivity index (χ1n) is 11.2.